The molecule has 18 heavy (non-hydrogen) atoms. The standard InChI is InChI=1S/C14H23N3O/c1-2-10-3-4-11(8-15)13(7-10)17-6-5-12(9-17)14(16)18/h10-13H,2-7,9H2,1H3,(H2,16,18). The number of hydrogen-bond donors (Lipinski definition) is 1. The maximum atomic E-state index is 11.2. The summed E-state index contributed by atoms with van der Waals surface area (Å²) in [5, 5.41) is 9.29. The summed E-state index contributed by atoms with van der Waals surface area (Å²) in [5.41, 5.74) is 5.38. The van der Waals surface area contributed by atoms with E-state index in [4.69, 9.17) is 5.73 Å². The lowest BCUT2D eigenvalue weighted by molar-refractivity contribution is -0.121. The predicted octanol–water partition coefficient (Wildman–Crippen LogP) is 1.51. The van der Waals surface area contributed by atoms with Gasteiger partial charge < -0.3 is 5.73 Å². The highest BCUT2D eigenvalue weighted by Crippen LogP contribution is 2.35. The van der Waals surface area contributed by atoms with E-state index in [1.54, 1.807) is 0 Å². The van der Waals surface area contributed by atoms with Crippen molar-refractivity contribution < 1.29 is 4.79 Å². The van der Waals surface area contributed by atoms with Gasteiger partial charge in [-0.1, -0.05) is 13.3 Å². The Bertz CT molecular complexity index is 349. The second kappa shape index (κ2) is 5.71. The summed E-state index contributed by atoms with van der Waals surface area (Å²) in [4.78, 5) is 13.6. The van der Waals surface area contributed by atoms with Gasteiger partial charge >= 0.3 is 0 Å². The first-order valence-electron chi connectivity index (χ1n) is 7.08. The molecule has 4 nitrogen and oxygen atoms in total. The van der Waals surface area contributed by atoms with Gasteiger partial charge in [-0.15, -0.1) is 0 Å². The third-order valence-corrected chi connectivity index (χ3v) is 4.76. The zero-order chi connectivity index (χ0) is 13.1. The van der Waals surface area contributed by atoms with Crippen LogP contribution >= 0.6 is 0 Å². The molecule has 2 N–H and O–H groups in total. The van der Waals surface area contributed by atoms with Gasteiger partial charge in [0, 0.05) is 12.6 Å². The molecule has 1 saturated carbocycles. The fourth-order valence-corrected chi connectivity index (χ4v) is 3.48. The quantitative estimate of drug-likeness (QED) is 0.824. The molecule has 0 aromatic heterocycles. The molecule has 1 heterocycles. The van der Waals surface area contributed by atoms with E-state index < -0.39 is 0 Å². The number of hydrogen-bond acceptors (Lipinski definition) is 3. The van der Waals surface area contributed by atoms with Gasteiger partial charge in [0.25, 0.3) is 0 Å². The van der Waals surface area contributed by atoms with Crippen LogP contribution in [0.3, 0.4) is 0 Å². The molecule has 0 aromatic rings. The van der Waals surface area contributed by atoms with Crippen molar-refractivity contribution in [2.45, 2.75) is 45.1 Å². The number of primary amides is 1. The van der Waals surface area contributed by atoms with E-state index in [0.717, 1.165) is 38.3 Å². The molecule has 1 saturated heterocycles. The van der Waals surface area contributed by atoms with Crippen LogP contribution in [-0.4, -0.2) is 29.9 Å². The molecule has 4 heteroatoms. The fraction of sp³-hybridized carbons (Fsp3) is 0.857. The van der Waals surface area contributed by atoms with Crippen molar-refractivity contribution >= 4 is 5.91 Å². The van der Waals surface area contributed by atoms with Crippen molar-refractivity contribution in [3.05, 3.63) is 0 Å². The molecule has 4 unspecified atom stereocenters. The summed E-state index contributed by atoms with van der Waals surface area (Å²) in [6.45, 7) is 3.91. The summed E-state index contributed by atoms with van der Waals surface area (Å²) in [5.74, 6) is 0.687. The number of carbonyl (C=O) groups excluding carboxylic acids is 1. The van der Waals surface area contributed by atoms with E-state index >= 15 is 0 Å². The van der Waals surface area contributed by atoms with Gasteiger partial charge in [0.05, 0.1) is 17.9 Å². The largest absolute Gasteiger partial charge is 0.369 e. The SMILES string of the molecule is CCC1CCC(C#N)C(N2CCC(C(N)=O)C2)C1. The lowest BCUT2D eigenvalue weighted by Gasteiger charge is -2.38. The van der Waals surface area contributed by atoms with Crippen molar-refractivity contribution in [2.24, 2.45) is 23.5 Å². The number of carbonyl (C=O) groups is 1. The third-order valence-electron chi connectivity index (χ3n) is 4.76. The minimum atomic E-state index is -0.186. The second-order valence-electron chi connectivity index (χ2n) is 5.77. The Morgan fingerprint density at radius 1 is 1.44 bits per heavy atom. The van der Waals surface area contributed by atoms with Gasteiger partial charge in [0.1, 0.15) is 0 Å². The molecule has 2 aliphatic rings. The topological polar surface area (TPSA) is 70.1 Å². The van der Waals surface area contributed by atoms with Crippen LogP contribution in [0.4, 0.5) is 0 Å². The second-order valence-corrected chi connectivity index (χ2v) is 5.77. The van der Waals surface area contributed by atoms with E-state index in [0.29, 0.717) is 6.04 Å². The zero-order valence-corrected chi connectivity index (χ0v) is 11.1. The molecule has 0 radical (unpaired) electrons. The Hall–Kier alpha value is -1.08. The highest BCUT2D eigenvalue weighted by molar-refractivity contribution is 5.77. The smallest absolute Gasteiger partial charge is 0.221 e. The summed E-state index contributed by atoms with van der Waals surface area (Å²) in [7, 11) is 0. The van der Waals surface area contributed by atoms with Crippen LogP contribution in [0, 0.1) is 29.1 Å². The van der Waals surface area contributed by atoms with Gasteiger partial charge in [-0.3, -0.25) is 9.69 Å². The summed E-state index contributed by atoms with van der Waals surface area (Å²) >= 11 is 0. The van der Waals surface area contributed by atoms with Crippen LogP contribution in [-0.2, 0) is 4.79 Å². The van der Waals surface area contributed by atoms with Gasteiger partial charge in [-0.05, 0) is 38.1 Å². The van der Waals surface area contributed by atoms with Crippen molar-refractivity contribution in [2.75, 3.05) is 13.1 Å². The monoisotopic (exact) mass is 249 g/mol. The zero-order valence-electron chi connectivity index (χ0n) is 11.1. The summed E-state index contributed by atoms with van der Waals surface area (Å²) in [6, 6.07) is 2.81. The molecule has 4 atom stereocenters. The first kappa shape index (κ1) is 13.4. The Morgan fingerprint density at radius 2 is 2.22 bits per heavy atom. The average Bonchev–Trinajstić information content (AvgIpc) is 2.87. The Kier molecular flexibility index (Phi) is 4.23. The van der Waals surface area contributed by atoms with E-state index in [-0.39, 0.29) is 17.7 Å². The first-order valence-corrected chi connectivity index (χ1v) is 7.08. The average molecular weight is 249 g/mol. The maximum Gasteiger partial charge on any atom is 0.221 e. The Morgan fingerprint density at radius 3 is 2.78 bits per heavy atom. The van der Waals surface area contributed by atoms with Crippen molar-refractivity contribution in [3.8, 4) is 6.07 Å². The van der Waals surface area contributed by atoms with Crippen LogP contribution in [0.1, 0.15) is 39.0 Å². The summed E-state index contributed by atoms with van der Waals surface area (Å²) in [6.07, 6.45) is 5.36. The lowest BCUT2D eigenvalue weighted by atomic mass is 9.77. The molecule has 2 rings (SSSR count). The van der Waals surface area contributed by atoms with Gasteiger partial charge in [0.15, 0.2) is 0 Å². The fourth-order valence-electron chi connectivity index (χ4n) is 3.48. The minimum Gasteiger partial charge on any atom is -0.369 e. The molecule has 0 aromatic carbocycles. The van der Waals surface area contributed by atoms with Gasteiger partial charge in [-0.2, -0.15) is 5.26 Å². The minimum absolute atomic E-state index is 0.00801. The highest BCUT2D eigenvalue weighted by atomic mass is 16.1. The molecule has 1 aliphatic carbocycles. The Labute approximate surface area is 109 Å². The molecule has 0 bridgehead atoms. The first-order chi connectivity index (χ1) is 8.65. The van der Waals surface area contributed by atoms with Crippen LogP contribution in [0.25, 0.3) is 0 Å². The number of nitriles is 1. The van der Waals surface area contributed by atoms with Crippen LogP contribution in [0.2, 0.25) is 0 Å². The van der Waals surface area contributed by atoms with Crippen molar-refractivity contribution in [1.82, 2.24) is 4.90 Å². The lowest BCUT2D eigenvalue weighted by Crippen LogP contribution is -2.43. The Balaban J connectivity index is 2.01. The number of nitrogens with two attached hydrogens (primary N) is 1. The molecular formula is C14H23N3O. The maximum absolute atomic E-state index is 11.2. The molecule has 1 aliphatic heterocycles. The van der Waals surface area contributed by atoms with Gasteiger partial charge in [0.2, 0.25) is 5.91 Å². The third kappa shape index (κ3) is 2.67. The number of rotatable bonds is 3. The highest BCUT2D eigenvalue weighted by Gasteiger charge is 2.38. The summed E-state index contributed by atoms with van der Waals surface area (Å²) < 4.78 is 0. The number of nitrogens with zero attached hydrogens (tertiary/aromatic N) is 2. The van der Waals surface area contributed by atoms with Crippen molar-refractivity contribution in [1.29, 1.82) is 5.26 Å². The van der Waals surface area contributed by atoms with E-state index in [1.165, 1.54) is 12.8 Å². The normalized spacial score (nSPS) is 37.3. The molecule has 2 fully saturated rings. The number of amides is 1. The van der Waals surface area contributed by atoms with Crippen LogP contribution in [0.15, 0.2) is 0 Å². The molecule has 1 amide bonds. The van der Waals surface area contributed by atoms with Crippen molar-refractivity contribution in [3.63, 3.8) is 0 Å². The van der Waals surface area contributed by atoms with E-state index in [1.807, 2.05) is 0 Å². The molecular weight excluding hydrogens is 226 g/mol. The molecule has 100 valence electrons. The molecule has 0 spiro atoms. The van der Waals surface area contributed by atoms with E-state index in [9.17, 15) is 10.1 Å². The van der Waals surface area contributed by atoms with Crippen LogP contribution < -0.4 is 5.73 Å². The van der Waals surface area contributed by atoms with Gasteiger partial charge in [-0.25, -0.2) is 0 Å². The van der Waals surface area contributed by atoms with E-state index in [2.05, 4.69) is 17.9 Å². The van der Waals surface area contributed by atoms with Crippen LogP contribution in [0.5, 0.6) is 0 Å². The number of likely N-dealkylation sites (tertiary alicyclic amines) is 1. The predicted molar refractivity (Wildman–Crippen MR) is 69.4 cm³/mol.